The third kappa shape index (κ3) is 3.54. The predicted octanol–water partition coefficient (Wildman–Crippen LogP) is 3.57. The highest BCUT2D eigenvalue weighted by Crippen LogP contribution is 2.19. The van der Waals surface area contributed by atoms with E-state index in [0.29, 0.717) is 5.56 Å². The molecule has 2 aromatic heterocycles. The summed E-state index contributed by atoms with van der Waals surface area (Å²) in [6, 6.07) is 17.1. The van der Waals surface area contributed by atoms with E-state index < -0.39 is 0 Å². The van der Waals surface area contributed by atoms with Gasteiger partial charge in [0.25, 0.3) is 5.91 Å². The molecule has 0 aliphatic carbocycles. The fourth-order valence-electron chi connectivity index (χ4n) is 2.71. The standard InChI is InChI=1S/C20H17N5O/c26-20(17-3-1-15(2-4-17)13-25-12-11-21-14-25)23-18-7-5-16(6-8-18)19-9-10-22-24-19/h1-12,14H,13H2,(H,22,24)(H,23,26). The highest BCUT2D eigenvalue weighted by Gasteiger charge is 2.07. The second-order valence-corrected chi connectivity index (χ2v) is 5.93. The average Bonchev–Trinajstić information content (AvgIpc) is 3.37. The molecule has 2 N–H and O–H groups in total. The van der Waals surface area contributed by atoms with Crippen LogP contribution in [0, 0.1) is 0 Å². The van der Waals surface area contributed by atoms with Gasteiger partial charge in [0.2, 0.25) is 0 Å². The number of hydrogen-bond acceptors (Lipinski definition) is 3. The number of carbonyl (C=O) groups is 1. The van der Waals surface area contributed by atoms with Gasteiger partial charge in [-0.05, 0) is 41.5 Å². The van der Waals surface area contributed by atoms with Crippen LogP contribution in [-0.4, -0.2) is 25.7 Å². The number of nitrogens with one attached hydrogen (secondary N) is 2. The van der Waals surface area contributed by atoms with E-state index in [0.717, 1.165) is 29.1 Å². The number of nitrogens with zero attached hydrogens (tertiary/aromatic N) is 3. The number of imidazole rings is 1. The van der Waals surface area contributed by atoms with Crippen LogP contribution in [0.3, 0.4) is 0 Å². The lowest BCUT2D eigenvalue weighted by Gasteiger charge is -2.07. The van der Waals surface area contributed by atoms with E-state index in [1.54, 1.807) is 18.7 Å². The Morgan fingerprint density at radius 1 is 1.00 bits per heavy atom. The van der Waals surface area contributed by atoms with Crippen molar-refractivity contribution >= 4 is 11.6 Å². The highest BCUT2D eigenvalue weighted by atomic mass is 16.1. The molecule has 0 unspecified atom stereocenters. The average molecular weight is 343 g/mol. The minimum Gasteiger partial charge on any atom is -0.333 e. The molecule has 0 bridgehead atoms. The van der Waals surface area contributed by atoms with E-state index >= 15 is 0 Å². The molecule has 0 fully saturated rings. The quantitative estimate of drug-likeness (QED) is 0.582. The van der Waals surface area contributed by atoms with Crippen molar-refractivity contribution in [1.82, 2.24) is 19.7 Å². The van der Waals surface area contributed by atoms with Crippen LogP contribution in [0.4, 0.5) is 5.69 Å². The Bertz CT molecular complexity index is 972. The van der Waals surface area contributed by atoms with E-state index in [-0.39, 0.29) is 5.91 Å². The van der Waals surface area contributed by atoms with E-state index in [9.17, 15) is 4.79 Å². The monoisotopic (exact) mass is 343 g/mol. The molecule has 6 heteroatoms. The molecule has 0 aliphatic heterocycles. The van der Waals surface area contributed by atoms with Gasteiger partial charge < -0.3 is 9.88 Å². The Morgan fingerprint density at radius 3 is 2.46 bits per heavy atom. The number of aromatic amines is 1. The summed E-state index contributed by atoms with van der Waals surface area (Å²) in [5.41, 5.74) is 4.45. The largest absolute Gasteiger partial charge is 0.333 e. The van der Waals surface area contributed by atoms with Crippen LogP contribution in [0.25, 0.3) is 11.3 Å². The van der Waals surface area contributed by atoms with Crippen LogP contribution >= 0.6 is 0 Å². The SMILES string of the molecule is O=C(Nc1ccc(-c2ccn[nH]2)cc1)c1ccc(Cn2ccnc2)cc1. The van der Waals surface area contributed by atoms with Crippen molar-refractivity contribution in [2.75, 3.05) is 5.32 Å². The van der Waals surface area contributed by atoms with E-state index in [2.05, 4.69) is 20.5 Å². The van der Waals surface area contributed by atoms with Gasteiger partial charge in [0.15, 0.2) is 0 Å². The summed E-state index contributed by atoms with van der Waals surface area (Å²) >= 11 is 0. The Labute approximate surface area is 150 Å². The van der Waals surface area contributed by atoms with Crippen LogP contribution in [0.1, 0.15) is 15.9 Å². The normalized spacial score (nSPS) is 10.6. The molecule has 0 saturated carbocycles. The lowest BCUT2D eigenvalue weighted by atomic mass is 10.1. The third-order valence-corrected chi connectivity index (χ3v) is 4.09. The summed E-state index contributed by atoms with van der Waals surface area (Å²) in [4.78, 5) is 16.4. The Hall–Kier alpha value is -3.67. The molecule has 0 radical (unpaired) electrons. The zero-order valence-electron chi connectivity index (χ0n) is 14.0. The Kier molecular flexibility index (Phi) is 4.30. The van der Waals surface area contributed by atoms with Gasteiger partial charge in [-0.15, -0.1) is 0 Å². The molecule has 4 rings (SSSR count). The summed E-state index contributed by atoms with van der Waals surface area (Å²) in [6.07, 6.45) is 7.14. The Morgan fingerprint density at radius 2 is 1.81 bits per heavy atom. The minimum atomic E-state index is -0.131. The zero-order chi connectivity index (χ0) is 17.8. The molecule has 0 spiro atoms. The lowest BCUT2D eigenvalue weighted by Crippen LogP contribution is -2.11. The maximum Gasteiger partial charge on any atom is 0.255 e. The van der Waals surface area contributed by atoms with Crippen LogP contribution in [-0.2, 0) is 6.54 Å². The molecule has 128 valence electrons. The lowest BCUT2D eigenvalue weighted by molar-refractivity contribution is 0.102. The van der Waals surface area contributed by atoms with Gasteiger partial charge in [0.05, 0.1) is 12.0 Å². The van der Waals surface area contributed by atoms with Crippen molar-refractivity contribution in [3.63, 3.8) is 0 Å². The van der Waals surface area contributed by atoms with Gasteiger partial charge in [-0.2, -0.15) is 5.10 Å². The van der Waals surface area contributed by atoms with Crippen LogP contribution in [0.5, 0.6) is 0 Å². The molecule has 1 amide bonds. The smallest absolute Gasteiger partial charge is 0.255 e. The first-order valence-electron chi connectivity index (χ1n) is 8.24. The maximum absolute atomic E-state index is 12.4. The number of amides is 1. The summed E-state index contributed by atoms with van der Waals surface area (Å²) in [5.74, 6) is -0.131. The minimum absolute atomic E-state index is 0.131. The summed E-state index contributed by atoms with van der Waals surface area (Å²) < 4.78 is 1.98. The molecular weight excluding hydrogens is 326 g/mol. The number of carbonyl (C=O) groups excluding carboxylic acids is 1. The molecule has 26 heavy (non-hydrogen) atoms. The molecule has 2 heterocycles. The number of benzene rings is 2. The van der Waals surface area contributed by atoms with Crippen LogP contribution < -0.4 is 5.32 Å². The molecule has 6 nitrogen and oxygen atoms in total. The predicted molar refractivity (Wildman–Crippen MR) is 99.7 cm³/mol. The van der Waals surface area contributed by atoms with Crippen molar-refractivity contribution < 1.29 is 4.79 Å². The Balaban J connectivity index is 1.41. The van der Waals surface area contributed by atoms with Gasteiger partial charge in [-0.3, -0.25) is 9.89 Å². The maximum atomic E-state index is 12.4. The number of aromatic nitrogens is 4. The van der Waals surface area contributed by atoms with E-state index in [1.807, 2.05) is 65.4 Å². The van der Waals surface area contributed by atoms with Crippen molar-refractivity contribution in [2.45, 2.75) is 6.54 Å². The molecule has 2 aromatic carbocycles. The van der Waals surface area contributed by atoms with Gasteiger partial charge >= 0.3 is 0 Å². The van der Waals surface area contributed by atoms with Gasteiger partial charge in [-0.25, -0.2) is 4.98 Å². The first-order chi connectivity index (χ1) is 12.8. The van der Waals surface area contributed by atoms with Crippen LogP contribution in [0.15, 0.2) is 79.5 Å². The first kappa shape index (κ1) is 15.8. The zero-order valence-corrected chi connectivity index (χ0v) is 14.0. The molecule has 0 atom stereocenters. The topological polar surface area (TPSA) is 75.6 Å². The summed E-state index contributed by atoms with van der Waals surface area (Å²) in [6.45, 7) is 0.733. The molecule has 0 saturated heterocycles. The number of H-pyrrole nitrogens is 1. The van der Waals surface area contributed by atoms with E-state index in [1.165, 1.54) is 0 Å². The summed E-state index contributed by atoms with van der Waals surface area (Å²) in [7, 11) is 0. The fraction of sp³-hybridized carbons (Fsp3) is 0.0500. The van der Waals surface area contributed by atoms with Crippen molar-refractivity contribution in [1.29, 1.82) is 0 Å². The second-order valence-electron chi connectivity index (χ2n) is 5.93. The highest BCUT2D eigenvalue weighted by molar-refractivity contribution is 6.04. The third-order valence-electron chi connectivity index (χ3n) is 4.09. The summed E-state index contributed by atoms with van der Waals surface area (Å²) in [5, 5.41) is 9.77. The van der Waals surface area contributed by atoms with Gasteiger partial charge in [-0.1, -0.05) is 24.3 Å². The molecule has 4 aromatic rings. The fourth-order valence-corrected chi connectivity index (χ4v) is 2.71. The second kappa shape index (κ2) is 7.06. The van der Waals surface area contributed by atoms with Crippen LogP contribution in [0.2, 0.25) is 0 Å². The molecular formula is C20H17N5O. The first-order valence-corrected chi connectivity index (χ1v) is 8.24. The number of anilines is 1. The van der Waals surface area contributed by atoms with Gasteiger partial charge in [0, 0.05) is 36.4 Å². The van der Waals surface area contributed by atoms with Gasteiger partial charge in [0.1, 0.15) is 0 Å². The van der Waals surface area contributed by atoms with Crippen molar-refractivity contribution in [3.05, 3.63) is 90.6 Å². The number of rotatable bonds is 5. The number of hydrogen-bond donors (Lipinski definition) is 2. The molecule has 0 aliphatic rings. The van der Waals surface area contributed by atoms with E-state index in [4.69, 9.17) is 0 Å². The van der Waals surface area contributed by atoms with Crippen molar-refractivity contribution in [3.8, 4) is 11.3 Å². The van der Waals surface area contributed by atoms with Crippen molar-refractivity contribution in [2.24, 2.45) is 0 Å².